The molecule has 5 heteroatoms. The molecule has 0 spiro atoms. The average molecular weight is 221 g/mol. The first-order chi connectivity index (χ1) is 6.38. The van der Waals surface area contributed by atoms with Crippen molar-refractivity contribution in [3.05, 3.63) is 0 Å². The second kappa shape index (κ2) is 4.59. The Bertz CT molecular complexity index is 274. The third kappa shape index (κ3) is 3.94. The van der Waals surface area contributed by atoms with E-state index in [1.807, 2.05) is 0 Å². The van der Waals surface area contributed by atoms with E-state index in [0.29, 0.717) is 18.6 Å². The molecule has 1 atom stereocenters. The molecule has 0 aliphatic carbocycles. The van der Waals surface area contributed by atoms with Crippen LogP contribution in [0.5, 0.6) is 0 Å². The van der Waals surface area contributed by atoms with Gasteiger partial charge in [-0.05, 0) is 32.7 Å². The highest BCUT2D eigenvalue weighted by molar-refractivity contribution is 7.85. The van der Waals surface area contributed by atoms with E-state index < -0.39 is 10.1 Å². The molecule has 0 radical (unpaired) electrons. The maximum absolute atomic E-state index is 10.8. The van der Waals surface area contributed by atoms with E-state index in [1.54, 1.807) is 0 Å². The fraction of sp³-hybridized carbons (Fsp3) is 1.00. The molecule has 1 fully saturated rings. The van der Waals surface area contributed by atoms with Crippen LogP contribution in [0, 0.1) is 5.92 Å². The molecular formula is C9H19NO3S. The van der Waals surface area contributed by atoms with Crippen molar-refractivity contribution in [3.8, 4) is 0 Å². The van der Waals surface area contributed by atoms with E-state index in [-0.39, 0.29) is 0 Å². The van der Waals surface area contributed by atoms with Crippen LogP contribution in [0.4, 0.5) is 0 Å². The molecule has 0 aromatic heterocycles. The van der Waals surface area contributed by atoms with Crippen molar-refractivity contribution in [3.63, 3.8) is 0 Å². The molecular weight excluding hydrogens is 202 g/mol. The molecule has 0 N–H and O–H groups in total. The number of rotatable bonds is 4. The minimum absolute atomic E-state index is 0.335. The van der Waals surface area contributed by atoms with Crippen LogP contribution in [0.1, 0.15) is 20.3 Å². The molecule has 0 amide bonds. The van der Waals surface area contributed by atoms with Crippen LogP contribution in [0.3, 0.4) is 0 Å². The van der Waals surface area contributed by atoms with Gasteiger partial charge in [-0.2, -0.15) is 8.42 Å². The highest BCUT2D eigenvalue weighted by Crippen LogP contribution is 2.18. The van der Waals surface area contributed by atoms with Gasteiger partial charge in [-0.25, -0.2) is 0 Å². The van der Waals surface area contributed by atoms with Gasteiger partial charge in [0.25, 0.3) is 10.1 Å². The zero-order chi connectivity index (χ0) is 10.8. The second-order valence-corrected chi connectivity index (χ2v) is 5.88. The molecule has 0 aromatic carbocycles. The highest BCUT2D eigenvalue weighted by Gasteiger charge is 2.25. The van der Waals surface area contributed by atoms with Crippen molar-refractivity contribution in [2.24, 2.45) is 5.92 Å². The zero-order valence-corrected chi connectivity index (χ0v) is 9.88. The first kappa shape index (κ1) is 11.9. The first-order valence-electron chi connectivity index (χ1n) is 4.97. The Hall–Kier alpha value is -0.130. The summed E-state index contributed by atoms with van der Waals surface area (Å²) >= 11 is 0. The molecule has 14 heavy (non-hydrogen) atoms. The van der Waals surface area contributed by atoms with E-state index >= 15 is 0 Å². The van der Waals surface area contributed by atoms with E-state index in [0.717, 1.165) is 25.8 Å². The smallest absolute Gasteiger partial charge is 0.264 e. The molecule has 1 aliphatic rings. The highest BCUT2D eigenvalue weighted by atomic mass is 32.2. The Kier molecular flexibility index (Phi) is 3.92. The molecule has 1 heterocycles. The van der Waals surface area contributed by atoms with E-state index in [9.17, 15) is 8.42 Å². The second-order valence-electron chi connectivity index (χ2n) is 4.23. The summed E-state index contributed by atoms with van der Waals surface area (Å²) < 4.78 is 26.3. The maximum atomic E-state index is 10.8. The fourth-order valence-corrected chi connectivity index (χ4v) is 2.13. The SMILES string of the molecule is CC(C)N1CCC(COS(C)(=O)=O)C1. The molecule has 0 aromatic rings. The monoisotopic (exact) mass is 221 g/mol. The van der Waals surface area contributed by atoms with Gasteiger partial charge in [-0.15, -0.1) is 0 Å². The van der Waals surface area contributed by atoms with Gasteiger partial charge in [0.1, 0.15) is 0 Å². The van der Waals surface area contributed by atoms with Crippen LogP contribution in [-0.2, 0) is 14.3 Å². The van der Waals surface area contributed by atoms with Gasteiger partial charge in [-0.1, -0.05) is 0 Å². The van der Waals surface area contributed by atoms with Gasteiger partial charge in [0.2, 0.25) is 0 Å². The predicted octanol–water partition coefficient (Wildman–Crippen LogP) is 0.693. The number of hydrogen-bond donors (Lipinski definition) is 0. The van der Waals surface area contributed by atoms with Crippen molar-refractivity contribution in [1.82, 2.24) is 4.90 Å². The summed E-state index contributed by atoms with van der Waals surface area (Å²) in [6, 6.07) is 0.540. The summed E-state index contributed by atoms with van der Waals surface area (Å²) in [5, 5.41) is 0. The first-order valence-corrected chi connectivity index (χ1v) is 6.78. The summed E-state index contributed by atoms with van der Waals surface area (Å²) in [5.41, 5.74) is 0. The third-order valence-electron chi connectivity index (χ3n) is 2.57. The van der Waals surface area contributed by atoms with Crippen LogP contribution >= 0.6 is 0 Å². The summed E-state index contributed by atoms with van der Waals surface area (Å²) in [5.74, 6) is 0.368. The van der Waals surface area contributed by atoms with Crippen LogP contribution in [0.15, 0.2) is 0 Å². The number of hydrogen-bond acceptors (Lipinski definition) is 4. The maximum Gasteiger partial charge on any atom is 0.264 e. The van der Waals surface area contributed by atoms with Crippen molar-refractivity contribution in [2.45, 2.75) is 26.3 Å². The molecule has 0 bridgehead atoms. The van der Waals surface area contributed by atoms with Crippen molar-refractivity contribution in [2.75, 3.05) is 26.0 Å². The van der Waals surface area contributed by atoms with Gasteiger partial charge in [-0.3, -0.25) is 4.18 Å². The summed E-state index contributed by atoms with van der Waals surface area (Å²) in [6.07, 6.45) is 2.13. The Morgan fingerprint density at radius 1 is 1.50 bits per heavy atom. The van der Waals surface area contributed by atoms with Crippen molar-refractivity contribution >= 4 is 10.1 Å². The molecule has 1 aliphatic heterocycles. The van der Waals surface area contributed by atoms with Crippen molar-refractivity contribution < 1.29 is 12.6 Å². The molecule has 84 valence electrons. The Balaban J connectivity index is 2.30. The molecule has 1 saturated heterocycles. The van der Waals surface area contributed by atoms with Crippen molar-refractivity contribution in [1.29, 1.82) is 0 Å². The van der Waals surface area contributed by atoms with E-state index in [2.05, 4.69) is 18.7 Å². The van der Waals surface area contributed by atoms with Crippen LogP contribution < -0.4 is 0 Å². The lowest BCUT2D eigenvalue weighted by atomic mass is 10.1. The normalized spacial score (nSPS) is 24.7. The van der Waals surface area contributed by atoms with Gasteiger partial charge in [0.15, 0.2) is 0 Å². The third-order valence-corrected chi connectivity index (χ3v) is 3.13. The summed E-state index contributed by atoms with van der Waals surface area (Å²) in [7, 11) is -3.27. The minimum Gasteiger partial charge on any atom is -0.301 e. The predicted molar refractivity (Wildman–Crippen MR) is 55.6 cm³/mol. The lowest BCUT2D eigenvalue weighted by Crippen LogP contribution is -2.29. The largest absolute Gasteiger partial charge is 0.301 e. The van der Waals surface area contributed by atoms with Gasteiger partial charge >= 0.3 is 0 Å². The molecule has 0 saturated carbocycles. The molecule has 4 nitrogen and oxygen atoms in total. The van der Waals surface area contributed by atoms with Crippen LogP contribution in [0.25, 0.3) is 0 Å². The Morgan fingerprint density at radius 3 is 2.57 bits per heavy atom. The van der Waals surface area contributed by atoms with E-state index in [4.69, 9.17) is 4.18 Å². The zero-order valence-electron chi connectivity index (χ0n) is 9.06. The van der Waals surface area contributed by atoms with Gasteiger partial charge in [0, 0.05) is 12.6 Å². The Morgan fingerprint density at radius 2 is 2.14 bits per heavy atom. The summed E-state index contributed by atoms with van der Waals surface area (Å²) in [4.78, 5) is 2.34. The fourth-order valence-electron chi connectivity index (χ4n) is 1.69. The number of likely N-dealkylation sites (tertiary alicyclic amines) is 1. The Labute approximate surface area is 86.4 Å². The number of nitrogens with zero attached hydrogens (tertiary/aromatic N) is 1. The average Bonchev–Trinajstić information content (AvgIpc) is 2.47. The quantitative estimate of drug-likeness (QED) is 0.655. The molecule has 1 unspecified atom stereocenters. The summed E-state index contributed by atoms with van der Waals surface area (Å²) in [6.45, 7) is 6.64. The topological polar surface area (TPSA) is 46.6 Å². The lowest BCUT2D eigenvalue weighted by molar-refractivity contribution is 0.228. The van der Waals surface area contributed by atoms with Crippen LogP contribution in [0.2, 0.25) is 0 Å². The minimum atomic E-state index is -3.27. The van der Waals surface area contributed by atoms with Crippen LogP contribution in [-0.4, -0.2) is 45.3 Å². The van der Waals surface area contributed by atoms with Gasteiger partial charge in [0.05, 0.1) is 12.9 Å². The van der Waals surface area contributed by atoms with E-state index in [1.165, 1.54) is 0 Å². The standard InChI is InChI=1S/C9H19NO3S/c1-8(2)10-5-4-9(6-10)7-13-14(3,11)12/h8-9H,4-7H2,1-3H3. The molecule has 1 rings (SSSR count). The lowest BCUT2D eigenvalue weighted by Gasteiger charge is -2.19. The van der Waals surface area contributed by atoms with Gasteiger partial charge < -0.3 is 4.90 Å².